The molecule has 0 aliphatic rings. The molecule has 2 N–H and O–H groups in total. The number of ether oxygens (including phenoxy) is 5. The van der Waals surface area contributed by atoms with E-state index in [9.17, 15) is 118 Å². The average molecular weight is 1430 g/mol. The summed E-state index contributed by atoms with van der Waals surface area (Å²) in [5.41, 5.74) is -10.0. The number of carbonyl (C=O) groups is 4. The fraction of sp³-hybridized carbons (Fsp3) is 0.255. The third kappa shape index (κ3) is 12.4. The molecule has 6 aromatic rings. The number of rotatable bonds is 25. The highest BCUT2D eigenvalue weighted by Crippen LogP contribution is 2.64. The monoisotopic (exact) mass is 1430 g/mol. The van der Waals surface area contributed by atoms with Gasteiger partial charge in [-0.3, -0.25) is 9.59 Å². The van der Waals surface area contributed by atoms with Gasteiger partial charge in [0, 0.05) is 6.42 Å². The third-order valence-corrected chi connectivity index (χ3v) is 13.1. The summed E-state index contributed by atoms with van der Waals surface area (Å²) in [6.45, 7) is -0.725. The molecule has 6 aromatic carbocycles. The lowest BCUT2D eigenvalue weighted by Crippen LogP contribution is -2.74. The number of carbonyl (C=O) groups excluding carboxylic acids is 2. The van der Waals surface area contributed by atoms with E-state index in [-0.39, 0.29) is 6.42 Å². The maximum absolute atomic E-state index is 16.3. The molecule has 96 heavy (non-hydrogen) atoms. The van der Waals surface area contributed by atoms with E-state index >= 15 is 43.9 Å². The number of carboxylic acid groups (broad SMARTS) is 2. The number of aryl methyl sites for hydroxylation is 1. The zero-order valence-electron chi connectivity index (χ0n) is 45.9. The minimum atomic E-state index is -9.01. The van der Waals surface area contributed by atoms with Gasteiger partial charge in [-0.2, -0.15) is 115 Å². The molecule has 0 atom stereocenters. The first-order valence-corrected chi connectivity index (χ1v) is 24.9. The molecule has 0 saturated heterocycles. The quantitative estimate of drug-likeness (QED) is 0.0315. The lowest BCUT2D eigenvalue weighted by Gasteiger charge is -2.42. The molecule has 6 rings (SSSR count). The number of nitrogens with zero attached hydrogens (tertiary/aromatic N) is 1. The molecule has 12 nitrogen and oxygen atoms in total. The molecule has 0 unspecified atom stereocenters. The molecule has 0 aliphatic heterocycles. The van der Waals surface area contributed by atoms with Gasteiger partial charge in [-0.25, -0.2) is 27.2 Å². The summed E-state index contributed by atoms with van der Waals surface area (Å²) in [4.78, 5) is 49.0. The highest BCUT2D eigenvalue weighted by Gasteiger charge is 2.95. The molecule has 41 heteroatoms. The van der Waals surface area contributed by atoms with Crippen molar-refractivity contribution in [2.75, 3.05) is 6.61 Å². The first-order chi connectivity index (χ1) is 43.9. The molecule has 0 aliphatic carbocycles. The Morgan fingerprint density at radius 2 is 0.740 bits per heavy atom. The van der Waals surface area contributed by atoms with Gasteiger partial charge in [0.05, 0.1) is 24.2 Å². The van der Waals surface area contributed by atoms with Crippen LogP contribution in [-0.2, 0) is 12.8 Å². The zero-order valence-corrected chi connectivity index (χ0v) is 45.9. The Hall–Kier alpha value is -9.94. The van der Waals surface area contributed by atoms with Crippen LogP contribution in [0.2, 0.25) is 0 Å². The van der Waals surface area contributed by atoms with Crippen LogP contribution in [0, 0.1) is 81.1 Å². The number of halogens is 29. The standard InChI is InChI=1S/C55H24F29NO11/c1-3-17-4-8-19(9-5-17)93-39-21(15-85)40(38(67)41(37(39)66)92-13-12-48(68,69)49(70,71)50(72,73)51(74,75)52(76,77)53(78,79)54(80,81)55(82,83)84)94-20-10-6-18(7-11-20)14-22(87)24-26(47(90)91)28(57)32(61)42(29(24)58)95-44-33(62)35(64)45(36(65)34(44)63)96-43-30(59)25(46(88)89)23(16(2)86)27(56)31(43)60/h4-11H,3,12-14H2,1-2H3,(H,88,89)(H,90,91). The third-order valence-electron chi connectivity index (χ3n) is 13.1. The van der Waals surface area contributed by atoms with Gasteiger partial charge in [0.1, 0.15) is 34.3 Å². The Labute approximate surface area is 511 Å². The van der Waals surface area contributed by atoms with E-state index in [2.05, 4.69) is 14.2 Å². The SMILES string of the molecule is CCc1ccc(Oc2c(F)c(OCCC(F)(F)C(F)(F)C(F)(F)C(F)(F)C(F)(F)C(F)(F)C(F)(F)C(F)(F)F)c(F)c(Oc3ccc(CC(=O)c4c(F)c(Oc5c(F)c(F)c(Oc6c(F)c(F)c(C(C)=O)c(C(=O)O)c6F)c(F)c5F)c(F)c(F)c4C(=O)O)cc3)c2C#N)cc1. The van der Waals surface area contributed by atoms with Crippen molar-refractivity contribution >= 4 is 23.5 Å². The van der Waals surface area contributed by atoms with Crippen molar-refractivity contribution in [3.05, 3.63) is 157 Å². The smallest absolute Gasteiger partial charge is 0.460 e. The van der Waals surface area contributed by atoms with Crippen LogP contribution in [0.5, 0.6) is 51.7 Å². The van der Waals surface area contributed by atoms with Crippen molar-refractivity contribution in [3.8, 4) is 57.8 Å². The second-order valence-corrected chi connectivity index (χ2v) is 19.1. The number of alkyl halides is 17. The summed E-state index contributed by atoms with van der Waals surface area (Å²) in [7, 11) is 0. The summed E-state index contributed by atoms with van der Waals surface area (Å²) < 4.78 is 445. The summed E-state index contributed by atoms with van der Waals surface area (Å²) in [6.07, 6.45) is -12.7. The normalized spacial score (nSPS) is 12.7. The number of hydrogen-bond acceptors (Lipinski definition) is 10. The summed E-state index contributed by atoms with van der Waals surface area (Å²) in [5.74, 6) is -120. The predicted octanol–water partition coefficient (Wildman–Crippen LogP) is 17.8. The van der Waals surface area contributed by atoms with E-state index < -0.39 is 246 Å². The van der Waals surface area contributed by atoms with Crippen LogP contribution in [0.4, 0.5) is 127 Å². The molecule has 0 heterocycles. The Balaban J connectivity index is 1.35. The van der Waals surface area contributed by atoms with Gasteiger partial charge in [-0.15, -0.1) is 0 Å². The van der Waals surface area contributed by atoms with Crippen LogP contribution in [0.25, 0.3) is 0 Å². The molecule has 0 spiro atoms. The number of ketones is 2. The Morgan fingerprint density at radius 1 is 0.406 bits per heavy atom. The van der Waals surface area contributed by atoms with Crippen LogP contribution in [-0.4, -0.2) is 88.0 Å². The highest BCUT2D eigenvalue weighted by molar-refractivity contribution is 6.07. The first kappa shape index (κ1) is 75.1. The number of aromatic carboxylic acids is 2. The van der Waals surface area contributed by atoms with Gasteiger partial charge in [0.15, 0.2) is 52.1 Å². The van der Waals surface area contributed by atoms with Crippen molar-refractivity contribution in [2.24, 2.45) is 0 Å². The number of benzene rings is 6. The summed E-state index contributed by atoms with van der Waals surface area (Å²) >= 11 is 0. The largest absolute Gasteiger partial charge is 0.487 e. The second-order valence-electron chi connectivity index (χ2n) is 19.1. The Morgan fingerprint density at radius 3 is 1.10 bits per heavy atom. The van der Waals surface area contributed by atoms with Gasteiger partial charge in [-0.1, -0.05) is 31.2 Å². The highest BCUT2D eigenvalue weighted by atomic mass is 19.4. The van der Waals surface area contributed by atoms with Crippen molar-refractivity contribution in [1.29, 1.82) is 5.26 Å². The van der Waals surface area contributed by atoms with Crippen molar-refractivity contribution in [2.45, 2.75) is 80.7 Å². The molecule has 0 bridgehead atoms. The lowest BCUT2D eigenvalue weighted by atomic mass is 9.88. The van der Waals surface area contributed by atoms with Gasteiger partial charge in [0.2, 0.25) is 69.5 Å². The van der Waals surface area contributed by atoms with E-state index in [0.29, 0.717) is 36.8 Å². The van der Waals surface area contributed by atoms with E-state index in [1.54, 1.807) is 6.92 Å². The summed E-state index contributed by atoms with van der Waals surface area (Å²) in [5, 5.41) is 29.0. The topological polar surface area (TPSA) is 179 Å². The number of hydrogen-bond donors (Lipinski definition) is 2. The number of Topliss-reactive ketones (excluding diaryl/α,β-unsaturated/α-hetero) is 2. The van der Waals surface area contributed by atoms with Crippen molar-refractivity contribution in [1.82, 2.24) is 0 Å². The van der Waals surface area contributed by atoms with E-state index in [0.717, 1.165) is 18.2 Å². The molecule has 0 radical (unpaired) electrons. The zero-order chi connectivity index (χ0) is 73.2. The molecule has 0 aromatic heterocycles. The fourth-order valence-electron chi connectivity index (χ4n) is 8.08. The first-order valence-electron chi connectivity index (χ1n) is 24.9. The molecular formula is C55H24F29NO11. The van der Waals surface area contributed by atoms with E-state index in [1.165, 1.54) is 12.1 Å². The van der Waals surface area contributed by atoms with Gasteiger partial charge >= 0.3 is 59.6 Å². The molecular weight excluding hydrogens is 1400 g/mol. The fourth-order valence-corrected chi connectivity index (χ4v) is 8.08. The van der Waals surface area contributed by atoms with Crippen LogP contribution < -0.4 is 23.7 Å². The predicted molar refractivity (Wildman–Crippen MR) is 255 cm³/mol. The second kappa shape index (κ2) is 26.0. The maximum atomic E-state index is 16.3. The van der Waals surface area contributed by atoms with Gasteiger partial charge in [-0.05, 0) is 48.7 Å². The molecule has 518 valence electrons. The average Bonchev–Trinajstić information content (AvgIpc) is 0.696. The minimum absolute atomic E-state index is 0.274. The molecule has 0 amide bonds. The van der Waals surface area contributed by atoms with Crippen LogP contribution in [0.1, 0.15) is 78.4 Å². The van der Waals surface area contributed by atoms with Crippen LogP contribution >= 0.6 is 0 Å². The Bertz CT molecular complexity index is 4160. The van der Waals surface area contributed by atoms with Gasteiger partial charge < -0.3 is 33.9 Å². The van der Waals surface area contributed by atoms with Crippen LogP contribution in [0.15, 0.2) is 48.5 Å². The maximum Gasteiger partial charge on any atom is 0.460 e. The Kier molecular flexibility index (Phi) is 20.3. The minimum Gasteiger partial charge on any atom is -0.487 e. The van der Waals surface area contributed by atoms with E-state index in [1.807, 2.05) is 0 Å². The van der Waals surface area contributed by atoms with Crippen molar-refractivity contribution in [3.63, 3.8) is 0 Å². The summed E-state index contributed by atoms with van der Waals surface area (Å²) in [6, 6.07) is 7.73. The van der Waals surface area contributed by atoms with Crippen LogP contribution in [0.3, 0.4) is 0 Å². The van der Waals surface area contributed by atoms with Crippen molar-refractivity contribution < 1.29 is 180 Å². The number of carboxylic acids is 2. The van der Waals surface area contributed by atoms with Gasteiger partial charge in [0.25, 0.3) is 0 Å². The van der Waals surface area contributed by atoms with E-state index in [4.69, 9.17) is 9.47 Å². The molecule has 0 fully saturated rings. The number of nitriles is 1. The molecule has 0 saturated carbocycles. The lowest BCUT2D eigenvalue weighted by molar-refractivity contribution is -0.461.